The molecule has 2 nitrogen and oxygen atoms in total. The molecule has 0 bridgehead atoms. The molecule has 0 fully saturated rings. The van der Waals surface area contributed by atoms with Crippen molar-refractivity contribution in [3.63, 3.8) is 0 Å². The van der Waals surface area contributed by atoms with Crippen LogP contribution in [-0.2, 0) is 9.53 Å². The summed E-state index contributed by atoms with van der Waals surface area (Å²) in [4.78, 5) is 11.7. The van der Waals surface area contributed by atoms with Crippen molar-refractivity contribution in [3.8, 4) is 0 Å². The lowest BCUT2D eigenvalue weighted by Crippen LogP contribution is -2.18. The predicted octanol–water partition coefficient (Wildman–Crippen LogP) is 7.66. The molecule has 0 saturated carbocycles. The van der Waals surface area contributed by atoms with E-state index in [-0.39, 0.29) is 18.0 Å². The minimum absolute atomic E-state index is 0.0415. The molecule has 0 amide bonds. The lowest BCUT2D eigenvalue weighted by Gasteiger charge is -2.11. The molecule has 0 aliphatic carbocycles. The van der Waals surface area contributed by atoms with Gasteiger partial charge >= 0.3 is 5.97 Å². The van der Waals surface area contributed by atoms with E-state index >= 15 is 0 Å². The molecule has 0 N–H and O–H groups in total. The highest BCUT2D eigenvalue weighted by molar-refractivity contribution is 5.72. The van der Waals surface area contributed by atoms with E-state index in [1.165, 1.54) is 0 Å². The first kappa shape index (κ1) is 25.9. The zero-order valence-electron chi connectivity index (χ0n) is 18.3. The van der Waals surface area contributed by atoms with Gasteiger partial charge in [-0.25, -0.2) is 0 Å². The van der Waals surface area contributed by atoms with E-state index in [2.05, 4.69) is 79.8 Å². The van der Waals surface area contributed by atoms with Crippen LogP contribution in [0.1, 0.15) is 72.6 Å². The zero-order valence-corrected chi connectivity index (χ0v) is 18.3. The number of rotatable bonds is 15. The van der Waals surface area contributed by atoms with Crippen molar-refractivity contribution in [1.29, 1.82) is 0 Å². The number of carbonyl (C=O) groups excluding carboxylic acids is 1. The predicted molar refractivity (Wildman–Crippen MR) is 123 cm³/mol. The molecule has 1 atom stereocenters. The summed E-state index contributed by atoms with van der Waals surface area (Å²) in [5.41, 5.74) is 0. The van der Waals surface area contributed by atoms with E-state index in [1.807, 2.05) is 20.8 Å². The van der Waals surface area contributed by atoms with Crippen LogP contribution in [0, 0.1) is 5.92 Å². The van der Waals surface area contributed by atoms with Crippen molar-refractivity contribution in [2.45, 2.75) is 78.7 Å². The summed E-state index contributed by atoms with van der Waals surface area (Å²) in [5.74, 6) is -0.193. The lowest BCUT2D eigenvalue weighted by atomic mass is 10.1. The summed E-state index contributed by atoms with van der Waals surface area (Å²) < 4.78 is 5.19. The van der Waals surface area contributed by atoms with Crippen LogP contribution in [0.2, 0.25) is 0 Å². The van der Waals surface area contributed by atoms with Crippen LogP contribution in [0.3, 0.4) is 0 Å². The first-order valence-electron chi connectivity index (χ1n) is 10.7. The van der Waals surface area contributed by atoms with Crippen LogP contribution in [0.4, 0.5) is 0 Å². The molecule has 0 heterocycles. The van der Waals surface area contributed by atoms with Gasteiger partial charge in [0, 0.05) is 0 Å². The molecule has 156 valence electrons. The molecule has 0 spiro atoms. The van der Waals surface area contributed by atoms with E-state index in [0.29, 0.717) is 0 Å². The maximum Gasteiger partial charge on any atom is 0.309 e. The Morgan fingerprint density at radius 2 is 1.00 bits per heavy atom. The molecule has 0 saturated heterocycles. The van der Waals surface area contributed by atoms with Gasteiger partial charge < -0.3 is 4.74 Å². The van der Waals surface area contributed by atoms with Crippen LogP contribution in [0.5, 0.6) is 0 Å². The van der Waals surface area contributed by atoms with Crippen LogP contribution >= 0.6 is 0 Å². The molecule has 0 aromatic rings. The minimum atomic E-state index is -0.116. The summed E-state index contributed by atoms with van der Waals surface area (Å²) in [7, 11) is 0. The zero-order chi connectivity index (χ0) is 20.9. The van der Waals surface area contributed by atoms with Gasteiger partial charge in [0.25, 0.3) is 0 Å². The highest BCUT2D eigenvalue weighted by atomic mass is 16.5. The second-order valence-corrected chi connectivity index (χ2v) is 7.04. The van der Waals surface area contributed by atoms with Crippen molar-refractivity contribution in [1.82, 2.24) is 0 Å². The summed E-state index contributed by atoms with van der Waals surface area (Å²) in [6.45, 7) is 7.82. The Bertz CT molecular complexity index is 545. The molecule has 0 aromatic carbocycles. The van der Waals surface area contributed by atoms with Gasteiger partial charge in [0.2, 0.25) is 0 Å². The number of carbonyl (C=O) groups is 1. The maximum atomic E-state index is 11.7. The third kappa shape index (κ3) is 18.7. The van der Waals surface area contributed by atoms with E-state index < -0.39 is 0 Å². The van der Waals surface area contributed by atoms with Gasteiger partial charge in [-0.15, -0.1) is 0 Å². The van der Waals surface area contributed by atoms with Gasteiger partial charge in [0.1, 0.15) is 0 Å². The average molecular weight is 385 g/mol. The summed E-state index contributed by atoms with van der Waals surface area (Å²) in [5, 5.41) is 0. The minimum Gasteiger partial charge on any atom is -0.463 e. The molecule has 0 rings (SSSR count). The second-order valence-electron chi connectivity index (χ2n) is 7.04. The van der Waals surface area contributed by atoms with Gasteiger partial charge in [-0.3, -0.25) is 4.79 Å². The monoisotopic (exact) mass is 384 g/mol. The Kier molecular flexibility index (Phi) is 18.2. The molecule has 28 heavy (non-hydrogen) atoms. The van der Waals surface area contributed by atoms with Crippen molar-refractivity contribution in [2.75, 3.05) is 0 Å². The summed E-state index contributed by atoms with van der Waals surface area (Å²) >= 11 is 0. The second kappa shape index (κ2) is 19.7. The van der Waals surface area contributed by atoms with Gasteiger partial charge in [-0.05, 0) is 58.8 Å². The Morgan fingerprint density at radius 3 is 1.36 bits per heavy atom. The average Bonchev–Trinajstić information content (AvgIpc) is 2.66. The molecular weight excluding hydrogens is 344 g/mol. The Labute approximate surface area is 173 Å². The quantitative estimate of drug-likeness (QED) is 0.214. The van der Waals surface area contributed by atoms with Gasteiger partial charge in [0.15, 0.2) is 0 Å². The Hall–Kier alpha value is -2.09. The van der Waals surface area contributed by atoms with Crippen LogP contribution in [0.25, 0.3) is 0 Å². The number of hydrogen-bond donors (Lipinski definition) is 0. The van der Waals surface area contributed by atoms with Crippen molar-refractivity contribution >= 4 is 5.97 Å². The fourth-order valence-corrected chi connectivity index (χ4v) is 2.27. The smallest absolute Gasteiger partial charge is 0.309 e. The molecule has 0 aromatic heterocycles. The number of hydrogen-bond acceptors (Lipinski definition) is 2. The van der Waals surface area contributed by atoms with Crippen molar-refractivity contribution < 1.29 is 9.53 Å². The maximum absolute atomic E-state index is 11.7. The molecule has 0 radical (unpaired) electrons. The fourth-order valence-electron chi connectivity index (χ4n) is 2.27. The molecule has 0 aliphatic heterocycles. The molecule has 2 heteroatoms. The first-order valence-corrected chi connectivity index (χ1v) is 10.7. The number of esters is 1. The SMILES string of the molecule is CC/C=C\C/C=C\C/C=C\C/C=C\C/C=C\C/C=C\CC(C)C(=O)OC(C)C. The first-order chi connectivity index (χ1) is 13.6. The standard InChI is InChI=1S/C26H40O2/c1-5-6-7-8-9-10-11-12-13-14-15-16-17-18-19-20-21-22-23-25(4)26(27)28-24(2)3/h6-7,9-10,12-13,15-16,18-19,21-22,24-25H,5,8,11,14,17,20,23H2,1-4H3/b7-6-,10-9-,13-12-,16-15-,19-18-,22-21-. The third-order valence-electron chi connectivity index (χ3n) is 3.84. The van der Waals surface area contributed by atoms with Crippen LogP contribution in [0.15, 0.2) is 72.9 Å². The normalized spacial score (nSPS) is 14.2. The largest absolute Gasteiger partial charge is 0.463 e. The van der Waals surface area contributed by atoms with E-state index in [4.69, 9.17) is 4.74 Å². The highest BCUT2D eigenvalue weighted by Crippen LogP contribution is 2.08. The number of ether oxygens (including phenoxy) is 1. The summed E-state index contributed by atoms with van der Waals surface area (Å²) in [6, 6.07) is 0. The van der Waals surface area contributed by atoms with Crippen LogP contribution < -0.4 is 0 Å². The topological polar surface area (TPSA) is 26.3 Å². The van der Waals surface area contributed by atoms with Gasteiger partial charge in [-0.2, -0.15) is 0 Å². The highest BCUT2D eigenvalue weighted by Gasteiger charge is 2.13. The molecule has 1 unspecified atom stereocenters. The van der Waals surface area contributed by atoms with Crippen molar-refractivity contribution in [3.05, 3.63) is 72.9 Å². The Morgan fingerprint density at radius 1 is 0.643 bits per heavy atom. The summed E-state index contributed by atoms with van der Waals surface area (Å²) in [6.07, 6.45) is 32.8. The van der Waals surface area contributed by atoms with Gasteiger partial charge in [-0.1, -0.05) is 86.8 Å². The number of allylic oxidation sites excluding steroid dienone is 12. The van der Waals surface area contributed by atoms with E-state index in [1.54, 1.807) is 0 Å². The molecule has 0 aliphatic rings. The Balaban J connectivity index is 3.69. The molecular formula is C26H40O2. The fraction of sp³-hybridized carbons (Fsp3) is 0.500. The van der Waals surface area contributed by atoms with Crippen molar-refractivity contribution in [2.24, 2.45) is 5.92 Å². The van der Waals surface area contributed by atoms with E-state index in [9.17, 15) is 4.79 Å². The lowest BCUT2D eigenvalue weighted by molar-refractivity contribution is -0.151. The third-order valence-corrected chi connectivity index (χ3v) is 3.84. The van der Waals surface area contributed by atoms with Gasteiger partial charge in [0.05, 0.1) is 12.0 Å². The van der Waals surface area contributed by atoms with Crippen LogP contribution in [-0.4, -0.2) is 12.1 Å². The van der Waals surface area contributed by atoms with E-state index in [0.717, 1.165) is 44.9 Å².